The SMILES string of the molecule is COc1ccc(C(N)=O)cc1S(=O)(=O)NC(C)C. The van der Waals surface area contributed by atoms with Crippen molar-refractivity contribution >= 4 is 15.9 Å². The summed E-state index contributed by atoms with van der Waals surface area (Å²) in [5.74, 6) is -0.535. The summed E-state index contributed by atoms with van der Waals surface area (Å²) in [4.78, 5) is 11.0. The summed E-state index contributed by atoms with van der Waals surface area (Å²) < 4.78 is 31.5. The summed E-state index contributed by atoms with van der Waals surface area (Å²) in [7, 11) is -2.39. The molecule has 0 saturated carbocycles. The fourth-order valence-corrected chi connectivity index (χ4v) is 2.86. The van der Waals surface area contributed by atoms with Crippen LogP contribution in [0.5, 0.6) is 5.75 Å². The van der Waals surface area contributed by atoms with E-state index in [0.717, 1.165) is 0 Å². The number of nitrogens with one attached hydrogen (secondary N) is 1. The molecule has 100 valence electrons. The normalized spacial score (nSPS) is 11.6. The zero-order chi connectivity index (χ0) is 13.9. The van der Waals surface area contributed by atoms with Gasteiger partial charge in [0.15, 0.2) is 0 Å². The lowest BCUT2D eigenvalue weighted by Gasteiger charge is -2.13. The number of hydrogen-bond acceptors (Lipinski definition) is 4. The zero-order valence-corrected chi connectivity index (χ0v) is 11.2. The molecule has 0 fully saturated rings. The molecule has 0 aromatic heterocycles. The maximum atomic E-state index is 12.1. The summed E-state index contributed by atoms with van der Waals surface area (Å²) in [5, 5.41) is 0. The van der Waals surface area contributed by atoms with E-state index in [1.165, 1.54) is 25.3 Å². The Balaban J connectivity index is 3.36. The number of sulfonamides is 1. The first-order valence-electron chi connectivity index (χ1n) is 5.28. The Bertz CT molecular complexity index is 552. The van der Waals surface area contributed by atoms with Gasteiger partial charge in [0.2, 0.25) is 15.9 Å². The van der Waals surface area contributed by atoms with Gasteiger partial charge in [0.1, 0.15) is 10.6 Å². The molecule has 0 bridgehead atoms. The first-order valence-corrected chi connectivity index (χ1v) is 6.76. The van der Waals surface area contributed by atoms with Crippen molar-refractivity contribution in [2.45, 2.75) is 24.8 Å². The van der Waals surface area contributed by atoms with Crippen molar-refractivity contribution in [1.82, 2.24) is 4.72 Å². The van der Waals surface area contributed by atoms with Gasteiger partial charge < -0.3 is 10.5 Å². The van der Waals surface area contributed by atoms with Crippen LogP contribution in [0.1, 0.15) is 24.2 Å². The van der Waals surface area contributed by atoms with Gasteiger partial charge in [-0.2, -0.15) is 0 Å². The second kappa shape index (κ2) is 5.36. The fraction of sp³-hybridized carbons (Fsp3) is 0.364. The smallest absolute Gasteiger partial charge is 0.248 e. The summed E-state index contributed by atoms with van der Waals surface area (Å²) in [6.45, 7) is 3.39. The Morgan fingerprint density at radius 3 is 2.44 bits per heavy atom. The molecule has 0 aliphatic carbocycles. The number of benzene rings is 1. The first-order chi connectivity index (χ1) is 8.27. The van der Waals surface area contributed by atoms with Crippen LogP contribution in [0.4, 0.5) is 0 Å². The van der Waals surface area contributed by atoms with Crippen LogP contribution in [0.25, 0.3) is 0 Å². The van der Waals surface area contributed by atoms with E-state index < -0.39 is 15.9 Å². The number of rotatable bonds is 5. The van der Waals surface area contributed by atoms with Crippen LogP contribution in [-0.2, 0) is 10.0 Å². The molecule has 3 N–H and O–H groups in total. The minimum absolute atomic E-state index is 0.102. The Morgan fingerprint density at radius 1 is 1.39 bits per heavy atom. The monoisotopic (exact) mass is 272 g/mol. The molecule has 0 unspecified atom stereocenters. The predicted octanol–water partition coefficient (Wildman–Crippen LogP) is 0.481. The van der Waals surface area contributed by atoms with Crippen LogP contribution in [-0.4, -0.2) is 27.5 Å². The molecule has 1 aromatic rings. The number of primary amides is 1. The first kappa shape index (κ1) is 14.5. The number of hydrogen-bond donors (Lipinski definition) is 2. The predicted molar refractivity (Wildman–Crippen MR) is 67.0 cm³/mol. The summed E-state index contributed by atoms with van der Waals surface area (Å²) in [5.41, 5.74) is 5.23. The van der Waals surface area contributed by atoms with E-state index in [0.29, 0.717) is 0 Å². The second-order valence-electron chi connectivity index (χ2n) is 4.01. The van der Waals surface area contributed by atoms with Gasteiger partial charge in [0, 0.05) is 11.6 Å². The van der Waals surface area contributed by atoms with Crippen LogP contribution >= 0.6 is 0 Å². The Morgan fingerprint density at radius 2 is 2.00 bits per heavy atom. The highest BCUT2D eigenvalue weighted by Gasteiger charge is 2.21. The van der Waals surface area contributed by atoms with E-state index in [1.54, 1.807) is 13.8 Å². The lowest BCUT2D eigenvalue weighted by molar-refractivity contribution is 0.1000. The lowest BCUT2D eigenvalue weighted by atomic mass is 10.2. The average Bonchev–Trinajstić information content (AvgIpc) is 2.26. The summed E-state index contributed by atoms with van der Waals surface area (Å²) in [6, 6.07) is 3.74. The van der Waals surface area contributed by atoms with Gasteiger partial charge in [-0.05, 0) is 32.0 Å². The Kier molecular flexibility index (Phi) is 4.31. The molecule has 0 atom stereocenters. The van der Waals surface area contributed by atoms with E-state index in [9.17, 15) is 13.2 Å². The topological polar surface area (TPSA) is 98.5 Å². The van der Waals surface area contributed by atoms with Crippen molar-refractivity contribution in [3.05, 3.63) is 23.8 Å². The molecule has 1 rings (SSSR count). The van der Waals surface area contributed by atoms with Gasteiger partial charge in [0.25, 0.3) is 0 Å². The maximum Gasteiger partial charge on any atom is 0.248 e. The third kappa shape index (κ3) is 3.21. The van der Waals surface area contributed by atoms with Crippen molar-refractivity contribution in [3.8, 4) is 5.75 Å². The van der Waals surface area contributed by atoms with E-state index in [4.69, 9.17) is 10.5 Å². The lowest BCUT2D eigenvalue weighted by Crippen LogP contribution is -2.30. The van der Waals surface area contributed by atoms with Gasteiger partial charge in [-0.1, -0.05) is 0 Å². The highest BCUT2D eigenvalue weighted by atomic mass is 32.2. The fourth-order valence-electron chi connectivity index (χ4n) is 1.41. The number of ether oxygens (including phenoxy) is 1. The van der Waals surface area contributed by atoms with Crippen molar-refractivity contribution < 1.29 is 17.9 Å². The zero-order valence-electron chi connectivity index (χ0n) is 10.4. The number of carbonyl (C=O) groups excluding carboxylic acids is 1. The highest BCUT2D eigenvalue weighted by Crippen LogP contribution is 2.24. The minimum atomic E-state index is -3.74. The molecule has 0 radical (unpaired) electrons. The van der Waals surface area contributed by atoms with Crippen LogP contribution in [0.2, 0.25) is 0 Å². The van der Waals surface area contributed by atoms with Crippen LogP contribution in [0.3, 0.4) is 0 Å². The summed E-state index contributed by atoms with van der Waals surface area (Å²) in [6.07, 6.45) is 0. The molecule has 6 nitrogen and oxygen atoms in total. The van der Waals surface area contributed by atoms with Gasteiger partial charge in [-0.15, -0.1) is 0 Å². The molecule has 0 spiro atoms. The van der Waals surface area contributed by atoms with Gasteiger partial charge in [-0.25, -0.2) is 13.1 Å². The molecule has 1 amide bonds. The number of nitrogens with two attached hydrogens (primary N) is 1. The quantitative estimate of drug-likeness (QED) is 0.814. The molecule has 0 aliphatic rings. The highest BCUT2D eigenvalue weighted by molar-refractivity contribution is 7.89. The second-order valence-corrected chi connectivity index (χ2v) is 5.69. The van der Waals surface area contributed by atoms with E-state index in [1.807, 2.05) is 0 Å². The van der Waals surface area contributed by atoms with Crippen molar-refractivity contribution in [2.75, 3.05) is 7.11 Å². The average molecular weight is 272 g/mol. The molecule has 0 saturated heterocycles. The van der Waals surface area contributed by atoms with Crippen molar-refractivity contribution in [3.63, 3.8) is 0 Å². The Labute approximate surface area is 106 Å². The van der Waals surface area contributed by atoms with Crippen LogP contribution in [0.15, 0.2) is 23.1 Å². The van der Waals surface area contributed by atoms with Gasteiger partial charge in [0.05, 0.1) is 7.11 Å². The third-order valence-electron chi connectivity index (χ3n) is 2.13. The molecule has 7 heteroatoms. The van der Waals surface area contributed by atoms with Gasteiger partial charge >= 0.3 is 0 Å². The van der Waals surface area contributed by atoms with E-state index in [2.05, 4.69) is 4.72 Å². The third-order valence-corrected chi connectivity index (χ3v) is 3.81. The van der Waals surface area contributed by atoms with E-state index >= 15 is 0 Å². The van der Waals surface area contributed by atoms with Crippen LogP contribution in [0, 0.1) is 0 Å². The summed E-state index contributed by atoms with van der Waals surface area (Å²) >= 11 is 0. The molecule has 0 heterocycles. The molecule has 0 aliphatic heterocycles. The molecular weight excluding hydrogens is 256 g/mol. The van der Waals surface area contributed by atoms with E-state index in [-0.39, 0.29) is 22.3 Å². The van der Waals surface area contributed by atoms with Crippen molar-refractivity contribution in [1.29, 1.82) is 0 Å². The number of carbonyl (C=O) groups is 1. The molecule has 18 heavy (non-hydrogen) atoms. The number of amides is 1. The molecule has 1 aromatic carbocycles. The maximum absolute atomic E-state index is 12.1. The Hall–Kier alpha value is -1.60. The number of methoxy groups -OCH3 is 1. The minimum Gasteiger partial charge on any atom is -0.495 e. The van der Waals surface area contributed by atoms with Crippen LogP contribution < -0.4 is 15.2 Å². The standard InChI is InChI=1S/C11H16N2O4S/c1-7(2)13-18(15,16)10-6-8(11(12)14)4-5-9(10)17-3/h4-7,13H,1-3H3,(H2,12,14). The largest absolute Gasteiger partial charge is 0.495 e. The van der Waals surface area contributed by atoms with Gasteiger partial charge in [-0.3, -0.25) is 4.79 Å². The molecular formula is C11H16N2O4S. The van der Waals surface area contributed by atoms with Crippen molar-refractivity contribution in [2.24, 2.45) is 5.73 Å².